The molecule has 3 nitrogen and oxygen atoms in total. The van der Waals surface area contributed by atoms with Crippen LogP contribution in [0.5, 0.6) is 5.75 Å². The summed E-state index contributed by atoms with van der Waals surface area (Å²) in [6.45, 7) is 0. The molecule has 0 fully saturated rings. The second kappa shape index (κ2) is 5.27. The predicted octanol–water partition coefficient (Wildman–Crippen LogP) is 3.85. The first-order valence-electron chi connectivity index (χ1n) is 4.42. The van der Waals surface area contributed by atoms with Crippen LogP contribution in [0.25, 0.3) is 0 Å². The largest absolute Gasteiger partial charge is 0.573 e. The number of carbonyl (C=O) groups excluding carboxylic acids is 1. The van der Waals surface area contributed by atoms with E-state index in [1.54, 1.807) is 0 Å². The first-order valence-corrected chi connectivity index (χ1v) is 5.22. The number of ether oxygens (including phenoxy) is 1. The van der Waals surface area contributed by atoms with Crippen molar-refractivity contribution in [2.75, 3.05) is 5.32 Å². The maximum absolute atomic E-state index is 12.0. The minimum absolute atomic E-state index is 0.0281. The molecule has 1 aromatic rings. The van der Waals surface area contributed by atoms with Crippen molar-refractivity contribution in [2.45, 2.75) is 12.5 Å². The molecule has 106 valence electrons. The van der Waals surface area contributed by atoms with Crippen LogP contribution in [-0.4, -0.2) is 18.4 Å². The molecule has 0 radical (unpaired) electrons. The highest BCUT2D eigenvalue weighted by Gasteiger charge is 2.39. The third kappa shape index (κ3) is 4.97. The number of alkyl halides is 6. The van der Waals surface area contributed by atoms with E-state index in [1.807, 2.05) is 0 Å². The summed E-state index contributed by atoms with van der Waals surface area (Å²) in [5, 5.41) is 1.42. The Hall–Kier alpha value is -1.45. The summed E-state index contributed by atoms with van der Waals surface area (Å²) in [4.78, 5) is 10.7. The second-order valence-electron chi connectivity index (χ2n) is 3.14. The van der Waals surface area contributed by atoms with Crippen LogP contribution < -0.4 is 10.1 Å². The number of rotatable bonds is 2. The third-order valence-corrected chi connectivity index (χ3v) is 2.37. The van der Waals surface area contributed by atoms with Gasteiger partial charge in [-0.1, -0.05) is 0 Å². The molecular formula is C9H4BrF6NO2. The molecule has 0 saturated heterocycles. The smallest absolute Gasteiger partial charge is 0.406 e. The van der Waals surface area contributed by atoms with Gasteiger partial charge in [0.2, 0.25) is 0 Å². The predicted molar refractivity (Wildman–Crippen MR) is 55.5 cm³/mol. The lowest BCUT2D eigenvalue weighted by atomic mass is 10.3. The summed E-state index contributed by atoms with van der Waals surface area (Å²) in [5.74, 6) is -3.06. The molecule has 19 heavy (non-hydrogen) atoms. The zero-order valence-electron chi connectivity index (χ0n) is 8.69. The van der Waals surface area contributed by atoms with Gasteiger partial charge in [0.15, 0.2) is 0 Å². The minimum Gasteiger partial charge on any atom is -0.406 e. The van der Waals surface area contributed by atoms with Crippen molar-refractivity contribution in [3.8, 4) is 5.75 Å². The van der Waals surface area contributed by atoms with E-state index < -0.39 is 29.9 Å². The molecule has 0 atom stereocenters. The van der Waals surface area contributed by atoms with Crippen LogP contribution in [0, 0.1) is 0 Å². The van der Waals surface area contributed by atoms with Gasteiger partial charge >= 0.3 is 18.4 Å². The first-order chi connectivity index (χ1) is 8.49. The summed E-state index contributed by atoms with van der Waals surface area (Å²) in [6, 6.07) is 2.50. The van der Waals surface area contributed by atoms with Crippen LogP contribution in [0.4, 0.5) is 32.0 Å². The summed E-state index contributed by atoms with van der Waals surface area (Å²) >= 11 is 2.79. The molecule has 0 saturated carbocycles. The number of halogens is 7. The highest BCUT2D eigenvalue weighted by molar-refractivity contribution is 9.10. The van der Waals surface area contributed by atoms with E-state index in [0.29, 0.717) is 6.07 Å². The van der Waals surface area contributed by atoms with Gasteiger partial charge in [-0.3, -0.25) is 4.79 Å². The van der Waals surface area contributed by atoms with Crippen molar-refractivity contribution in [2.24, 2.45) is 0 Å². The summed E-state index contributed by atoms with van der Waals surface area (Å²) < 4.78 is 75.3. The van der Waals surface area contributed by atoms with Crippen LogP contribution in [0.1, 0.15) is 0 Å². The lowest BCUT2D eigenvalue weighted by molar-refractivity contribution is -0.274. The average Bonchev–Trinajstić information content (AvgIpc) is 2.19. The molecule has 1 rings (SSSR count). The molecule has 0 bridgehead atoms. The fraction of sp³-hybridized carbons (Fsp3) is 0.222. The molecule has 0 aromatic heterocycles. The van der Waals surface area contributed by atoms with Gasteiger partial charge in [-0.25, -0.2) is 0 Å². The Labute approximate surface area is 110 Å². The fourth-order valence-electron chi connectivity index (χ4n) is 0.990. The number of carbonyl (C=O) groups is 1. The molecule has 1 aromatic carbocycles. The molecule has 1 amide bonds. The van der Waals surface area contributed by atoms with E-state index in [1.165, 1.54) is 5.32 Å². The number of anilines is 1. The maximum atomic E-state index is 12.0. The van der Waals surface area contributed by atoms with Crippen molar-refractivity contribution in [3.05, 3.63) is 22.7 Å². The Morgan fingerprint density at radius 3 is 2.21 bits per heavy atom. The van der Waals surface area contributed by atoms with Crippen molar-refractivity contribution >= 4 is 27.5 Å². The Balaban J connectivity index is 2.95. The second-order valence-corrected chi connectivity index (χ2v) is 4.00. The Kier molecular flexibility index (Phi) is 4.33. The molecule has 0 aliphatic carbocycles. The van der Waals surface area contributed by atoms with E-state index in [-0.39, 0.29) is 4.47 Å². The van der Waals surface area contributed by atoms with E-state index >= 15 is 0 Å². The van der Waals surface area contributed by atoms with E-state index in [2.05, 4.69) is 20.7 Å². The zero-order valence-corrected chi connectivity index (χ0v) is 10.3. The Bertz CT molecular complexity index is 485. The SMILES string of the molecule is O=C(Nc1cc(OC(F)(F)F)ccc1Br)C(F)(F)F. The van der Waals surface area contributed by atoms with E-state index in [4.69, 9.17) is 0 Å². The van der Waals surface area contributed by atoms with Crippen molar-refractivity contribution in [1.82, 2.24) is 0 Å². The number of amides is 1. The van der Waals surface area contributed by atoms with E-state index in [9.17, 15) is 31.1 Å². The lowest BCUT2D eigenvalue weighted by Crippen LogP contribution is -2.30. The number of benzene rings is 1. The van der Waals surface area contributed by atoms with E-state index in [0.717, 1.165) is 12.1 Å². The van der Waals surface area contributed by atoms with Crippen molar-refractivity contribution < 1.29 is 35.9 Å². The van der Waals surface area contributed by atoms with Crippen LogP contribution in [0.15, 0.2) is 22.7 Å². The molecule has 0 aliphatic heterocycles. The Morgan fingerprint density at radius 2 is 1.74 bits per heavy atom. The minimum atomic E-state index is -5.15. The highest BCUT2D eigenvalue weighted by Crippen LogP contribution is 2.31. The van der Waals surface area contributed by atoms with Gasteiger partial charge in [0.25, 0.3) is 0 Å². The van der Waals surface area contributed by atoms with Crippen molar-refractivity contribution in [3.63, 3.8) is 0 Å². The summed E-state index contributed by atoms with van der Waals surface area (Å²) in [5.41, 5.74) is -0.496. The molecule has 10 heteroatoms. The number of nitrogens with one attached hydrogen (secondary N) is 1. The molecular weight excluding hydrogens is 348 g/mol. The summed E-state index contributed by atoms with van der Waals surface area (Å²) in [7, 11) is 0. The number of hydrogen-bond acceptors (Lipinski definition) is 2. The maximum Gasteiger partial charge on any atom is 0.573 e. The highest BCUT2D eigenvalue weighted by atomic mass is 79.9. The molecule has 0 spiro atoms. The van der Waals surface area contributed by atoms with Crippen LogP contribution in [0.3, 0.4) is 0 Å². The summed E-state index contributed by atoms with van der Waals surface area (Å²) in [6.07, 6.45) is -10.1. The monoisotopic (exact) mass is 351 g/mol. The lowest BCUT2D eigenvalue weighted by Gasteiger charge is -2.13. The average molecular weight is 352 g/mol. The third-order valence-electron chi connectivity index (χ3n) is 1.68. The molecule has 0 heterocycles. The first kappa shape index (κ1) is 15.6. The standard InChI is InChI=1S/C9H4BrF6NO2/c10-5-2-1-4(19-9(14,15)16)3-6(5)17-7(18)8(11,12)13/h1-3H,(H,17,18). The van der Waals surface area contributed by atoms with Gasteiger partial charge in [0.05, 0.1) is 5.69 Å². The van der Waals surface area contributed by atoms with Gasteiger partial charge in [0, 0.05) is 10.5 Å². The molecule has 1 N–H and O–H groups in total. The van der Waals surface area contributed by atoms with Gasteiger partial charge < -0.3 is 10.1 Å². The zero-order chi connectivity index (χ0) is 14.8. The van der Waals surface area contributed by atoms with Crippen molar-refractivity contribution in [1.29, 1.82) is 0 Å². The van der Waals surface area contributed by atoms with Crippen LogP contribution in [-0.2, 0) is 4.79 Å². The van der Waals surface area contributed by atoms with Crippen LogP contribution in [0.2, 0.25) is 0 Å². The van der Waals surface area contributed by atoms with Gasteiger partial charge in [-0.2, -0.15) is 13.2 Å². The normalized spacial score (nSPS) is 12.2. The van der Waals surface area contributed by atoms with Gasteiger partial charge in [0.1, 0.15) is 5.75 Å². The number of hydrogen-bond donors (Lipinski definition) is 1. The quantitative estimate of drug-likeness (QED) is 0.822. The molecule has 0 aliphatic rings. The molecule has 0 unspecified atom stereocenters. The van der Waals surface area contributed by atoms with Gasteiger partial charge in [-0.15, -0.1) is 13.2 Å². The van der Waals surface area contributed by atoms with Crippen LogP contribution >= 0.6 is 15.9 Å². The fourth-order valence-corrected chi connectivity index (χ4v) is 1.34. The Morgan fingerprint density at radius 1 is 1.16 bits per heavy atom. The topological polar surface area (TPSA) is 38.3 Å². The van der Waals surface area contributed by atoms with Gasteiger partial charge in [-0.05, 0) is 28.1 Å².